The molecule has 1 N–H and O–H groups in total. The number of ether oxygens (including phenoxy) is 2. The first-order chi connectivity index (χ1) is 20.9. The second-order valence-corrected chi connectivity index (χ2v) is 12.8. The Labute approximate surface area is 262 Å². The third-order valence-electron chi connectivity index (χ3n) is 7.59. The zero-order chi connectivity index (χ0) is 32.4. The van der Waals surface area contributed by atoms with E-state index in [9.17, 15) is 18.0 Å². The maximum Gasteiger partial charge on any atom is 0.264 e. The Morgan fingerprint density at radius 2 is 1.50 bits per heavy atom. The van der Waals surface area contributed by atoms with E-state index in [-0.39, 0.29) is 29.1 Å². The minimum absolute atomic E-state index is 0.0560. The van der Waals surface area contributed by atoms with Crippen LogP contribution >= 0.6 is 0 Å². The summed E-state index contributed by atoms with van der Waals surface area (Å²) in [6.45, 7) is 9.23. The number of aryl methyl sites for hydroxylation is 2. The van der Waals surface area contributed by atoms with Gasteiger partial charge in [0.15, 0.2) is 11.5 Å². The van der Waals surface area contributed by atoms with Crippen LogP contribution in [0.3, 0.4) is 0 Å². The van der Waals surface area contributed by atoms with Gasteiger partial charge in [-0.1, -0.05) is 50.2 Å². The molecule has 0 unspecified atom stereocenters. The Bertz CT molecular complexity index is 1510. The molecule has 0 heterocycles. The zero-order valence-electron chi connectivity index (χ0n) is 26.8. The van der Waals surface area contributed by atoms with Crippen LogP contribution in [0.5, 0.6) is 11.5 Å². The van der Waals surface area contributed by atoms with E-state index in [0.717, 1.165) is 27.4 Å². The van der Waals surface area contributed by atoms with Gasteiger partial charge in [-0.3, -0.25) is 13.9 Å². The van der Waals surface area contributed by atoms with Crippen LogP contribution in [0.2, 0.25) is 0 Å². The molecular formula is C34H45N3O6S. The van der Waals surface area contributed by atoms with E-state index in [2.05, 4.69) is 5.32 Å². The van der Waals surface area contributed by atoms with E-state index in [1.165, 1.54) is 37.3 Å². The molecule has 0 radical (unpaired) electrons. The predicted molar refractivity (Wildman–Crippen MR) is 174 cm³/mol. The van der Waals surface area contributed by atoms with Gasteiger partial charge in [0.25, 0.3) is 10.0 Å². The molecule has 2 amide bonds. The largest absolute Gasteiger partial charge is 0.493 e. The highest BCUT2D eigenvalue weighted by Gasteiger charge is 2.34. The van der Waals surface area contributed by atoms with Crippen molar-refractivity contribution in [1.82, 2.24) is 10.2 Å². The van der Waals surface area contributed by atoms with E-state index >= 15 is 0 Å². The van der Waals surface area contributed by atoms with Crippen molar-refractivity contribution < 1.29 is 27.5 Å². The fourth-order valence-corrected chi connectivity index (χ4v) is 6.48. The molecule has 0 aliphatic carbocycles. The summed E-state index contributed by atoms with van der Waals surface area (Å²) in [6, 6.07) is 18.6. The first-order valence-electron chi connectivity index (χ1n) is 14.9. The van der Waals surface area contributed by atoms with Crippen LogP contribution in [0.25, 0.3) is 0 Å². The van der Waals surface area contributed by atoms with Crippen molar-refractivity contribution in [3.8, 4) is 11.5 Å². The number of rotatable bonds is 15. The van der Waals surface area contributed by atoms with Crippen molar-refractivity contribution in [3.63, 3.8) is 0 Å². The second-order valence-electron chi connectivity index (χ2n) is 10.9. The Balaban J connectivity index is 2.09. The lowest BCUT2D eigenvalue weighted by molar-refractivity contribution is -0.139. The number of carbonyl (C=O) groups excluding carboxylic acids is 2. The average Bonchev–Trinajstić information content (AvgIpc) is 3.00. The smallest absolute Gasteiger partial charge is 0.264 e. The molecule has 0 saturated heterocycles. The van der Waals surface area contributed by atoms with Crippen LogP contribution in [0.4, 0.5) is 5.69 Å². The fraction of sp³-hybridized carbons (Fsp3) is 0.412. The monoisotopic (exact) mass is 623 g/mol. The van der Waals surface area contributed by atoms with Crippen molar-refractivity contribution in [2.24, 2.45) is 0 Å². The molecule has 3 aromatic carbocycles. The maximum atomic E-state index is 14.3. The lowest BCUT2D eigenvalue weighted by Gasteiger charge is -2.34. The number of amides is 2. The molecule has 3 aromatic rings. The van der Waals surface area contributed by atoms with Gasteiger partial charge in [-0.05, 0) is 81.0 Å². The Morgan fingerprint density at radius 1 is 0.864 bits per heavy atom. The highest BCUT2D eigenvalue weighted by molar-refractivity contribution is 7.92. The summed E-state index contributed by atoms with van der Waals surface area (Å²) >= 11 is 0. The second kappa shape index (κ2) is 15.6. The van der Waals surface area contributed by atoms with Gasteiger partial charge in [-0.15, -0.1) is 0 Å². The number of hydrogen-bond donors (Lipinski definition) is 1. The van der Waals surface area contributed by atoms with E-state index in [0.29, 0.717) is 24.3 Å². The third-order valence-corrected chi connectivity index (χ3v) is 9.36. The van der Waals surface area contributed by atoms with Gasteiger partial charge in [0.05, 0.1) is 24.8 Å². The van der Waals surface area contributed by atoms with Crippen LogP contribution in [0, 0.1) is 13.8 Å². The standard InChI is InChI=1S/C34H45N3O6S/c1-8-26(5)35-34(39)30(9-2)36(18-17-27-13-11-10-12-14-27)33(38)23-37(28-20-24(3)19-25(4)21-28)44(40,41)29-15-16-31(42-6)32(22-29)43-7/h10-16,19-22,26,30H,8-9,17-18,23H2,1-7H3,(H,35,39)/t26-,30-/m0/s1. The van der Waals surface area contributed by atoms with E-state index in [1.807, 2.05) is 71.0 Å². The van der Waals surface area contributed by atoms with Crippen molar-refractivity contribution in [3.05, 3.63) is 83.4 Å². The highest BCUT2D eigenvalue weighted by Crippen LogP contribution is 2.33. The minimum atomic E-state index is -4.27. The number of nitrogens with one attached hydrogen (secondary N) is 1. The first-order valence-corrected chi connectivity index (χ1v) is 16.4. The van der Waals surface area contributed by atoms with Crippen LogP contribution in [0.1, 0.15) is 50.3 Å². The summed E-state index contributed by atoms with van der Waals surface area (Å²) < 4.78 is 40.4. The van der Waals surface area contributed by atoms with Crippen LogP contribution in [-0.4, -0.2) is 64.5 Å². The Morgan fingerprint density at radius 3 is 2.07 bits per heavy atom. The SMILES string of the molecule is CC[C@H](C)NC(=O)[C@H](CC)N(CCc1ccccc1)C(=O)CN(c1cc(C)cc(C)c1)S(=O)(=O)c1ccc(OC)c(OC)c1. The molecule has 0 aliphatic rings. The van der Waals surface area contributed by atoms with Gasteiger partial charge in [-0.2, -0.15) is 0 Å². The average molecular weight is 624 g/mol. The fourth-order valence-electron chi connectivity index (χ4n) is 5.06. The number of hydrogen-bond acceptors (Lipinski definition) is 6. The van der Waals surface area contributed by atoms with Crippen molar-refractivity contribution >= 4 is 27.5 Å². The van der Waals surface area contributed by atoms with Crippen molar-refractivity contribution in [2.45, 2.75) is 70.9 Å². The molecule has 0 aromatic heterocycles. The van der Waals surface area contributed by atoms with Gasteiger partial charge >= 0.3 is 0 Å². The van der Waals surface area contributed by atoms with Crippen LogP contribution < -0.4 is 19.1 Å². The van der Waals surface area contributed by atoms with Gasteiger partial charge < -0.3 is 19.7 Å². The van der Waals surface area contributed by atoms with Gasteiger partial charge in [0.2, 0.25) is 11.8 Å². The normalized spacial score (nSPS) is 12.6. The molecule has 2 atom stereocenters. The summed E-state index contributed by atoms with van der Waals surface area (Å²) in [7, 11) is -1.37. The third kappa shape index (κ3) is 8.53. The summed E-state index contributed by atoms with van der Waals surface area (Å²) in [5.41, 5.74) is 3.05. The number of methoxy groups -OCH3 is 2. The molecular weight excluding hydrogens is 578 g/mol. The quantitative estimate of drug-likeness (QED) is 0.247. The van der Waals surface area contributed by atoms with E-state index in [4.69, 9.17) is 9.47 Å². The van der Waals surface area contributed by atoms with Crippen LogP contribution in [0.15, 0.2) is 71.6 Å². The molecule has 9 nitrogen and oxygen atoms in total. The van der Waals surface area contributed by atoms with Gasteiger partial charge in [0, 0.05) is 18.7 Å². The Hall–Kier alpha value is -4.05. The number of carbonyl (C=O) groups is 2. The highest BCUT2D eigenvalue weighted by atomic mass is 32.2. The molecule has 10 heteroatoms. The van der Waals surface area contributed by atoms with E-state index in [1.54, 1.807) is 12.1 Å². The number of benzene rings is 3. The molecule has 0 bridgehead atoms. The number of sulfonamides is 1. The molecule has 0 spiro atoms. The van der Waals surface area contributed by atoms with Crippen molar-refractivity contribution in [2.75, 3.05) is 31.6 Å². The zero-order valence-corrected chi connectivity index (χ0v) is 27.6. The summed E-state index contributed by atoms with van der Waals surface area (Å²) in [5, 5.41) is 3.00. The van der Waals surface area contributed by atoms with Crippen molar-refractivity contribution in [1.29, 1.82) is 0 Å². The topological polar surface area (TPSA) is 105 Å². The lowest BCUT2D eigenvalue weighted by Crippen LogP contribution is -2.54. The van der Waals surface area contributed by atoms with Crippen LogP contribution in [-0.2, 0) is 26.0 Å². The summed E-state index contributed by atoms with van der Waals surface area (Å²) in [5.74, 6) is -0.109. The molecule has 0 fully saturated rings. The first kappa shape index (κ1) is 34.4. The molecule has 44 heavy (non-hydrogen) atoms. The van der Waals surface area contributed by atoms with E-state index < -0.39 is 28.5 Å². The van der Waals surface area contributed by atoms with Gasteiger partial charge in [0.1, 0.15) is 12.6 Å². The molecule has 0 aliphatic heterocycles. The predicted octanol–water partition coefficient (Wildman–Crippen LogP) is 5.28. The van der Waals surface area contributed by atoms with Gasteiger partial charge in [-0.25, -0.2) is 8.42 Å². The summed E-state index contributed by atoms with van der Waals surface area (Å²) in [4.78, 5) is 29.2. The Kier molecular flexibility index (Phi) is 12.2. The number of nitrogens with zero attached hydrogens (tertiary/aromatic N) is 2. The lowest BCUT2D eigenvalue weighted by atomic mass is 10.1. The molecule has 3 rings (SSSR count). The number of anilines is 1. The maximum absolute atomic E-state index is 14.3. The summed E-state index contributed by atoms with van der Waals surface area (Å²) in [6.07, 6.45) is 1.62. The molecule has 0 saturated carbocycles. The minimum Gasteiger partial charge on any atom is -0.493 e. The molecule has 238 valence electrons.